The first-order valence-electron chi connectivity index (χ1n) is 6.88. The molecule has 0 saturated heterocycles. The Morgan fingerprint density at radius 3 is 2.50 bits per heavy atom. The molecule has 2 rings (SSSR count). The van der Waals surface area contributed by atoms with Crippen molar-refractivity contribution in [3.8, 4) is 0 Å². The van der Waals surface area contributed by atoms with Crippen LogP contribution in [-0.2, 0) is 5.75 Å². The van der Waals surface area contributed by atoms with E-state index in [9.17, 15) is 0 Å². The number of hydrogen-bond acceptors (Lipinski definition) is 2. The summed E-state index contributed by atoms with van der Waals surface area (Å²) in [5.74, 6) is 0.900. The van der Waals surface area contributed by atoms with E-state index in [4.69, 9.17) is 11.6 Å². The summed E-state index contributed by atoms with van der Waals surface area (Å²) < 4.78 is 0. The summed E-state index contributed by atoms with van der Waals surface area (Å²) in [5, 5.41) is 4.22. The molecular weight excluding hydrogens is 286 g/mol. The van der Waals surface area contributed by atoms with Crippen molar-refractivity contribution in [3.05, 3.63) is 64.7 Å². The van der Waals surface area contributed by atoms with Gasteiger partial charge in [0.1, 0.15) is 0 Å². The van der Waals surface area contributed by atoms with Crippen LogP contribution in [0.25, 0.3) is 0 Å². The number of rotatable bonds is 6. The second kappa shape index (κ2) is 7.72. The van der Waals surface area contributed by atoms with Crippen LogP contribution in [-0.4, -0.2) is 7.05 Å². The monoisotopic (exact) mass is 305 g/mol. The van der Waals surface area contributed by atoms with Crippen LogP contribution in [0.3, 0.4) is 0 Å². The lowest BCUT2D eigenvalue weighted by atomic mass is 10.1. The molecule has 1 nitrogen and oxygen atoms in total. The number of thioether (sulfide) groups is 1. The van der Waals surface area contributed by atoms with Gasteiger partial charge in [0.2, 0.25) is 0 Å². The minimum Gasteiger partial charge on any atom is -0.313 e. The predicted octanol–water partition coefficient (Wildman–Crippen LogP) is 5.30. The summed E-state index contributed by atoms with van der Waals surface area (Å²) in [6.45, 7) is 2.21. The maximum absolute atomic E-state index is 6.22. The molecule has 106 valence electrons. The molecule has 1 unspecified atom stereocenters. The molecule has 1 N–H and O–H groups in total. The first kappa shape index (κ1) is 15.4. The van der Waals surface area contributed by atoms with Crippen LogP contribution in [0, 0.1) is 0 Å². The highest BCUT2D eigenvalue weighted by Crippen LogP contribution is 2.32. The summed E-state index contributed by atoms with van der Waals surface area (Å²) in [4.78, 5) is 1.33. The van der Waals surface area contributed by atoms with Gasteiger partial charge in [0.15, 0.2) is 0 Å². The maximum Gasteiger partial charge on any atom is 0.0446 e. The molecule has 0 spiro atoms. The molecule has 0 heterocycles. The Morgan fingerprint density at radius 2 is 1.80 bits per heavy atom. The molecule has 20 heavy (non-hydrogen) atoms. The largest absolute Gasteiger partial charge is 0.313 e. The SMILES string of the molecule is CCC(NC)c1ccccc1SCc1ccccc1Cl. The van der Waals surface area contributed by atoms with E-state index in [1.807, 2.05) is 37.0 Å². The van der Waals surface area contributed by atoms with Crippen LogP contribution in [0.5, 0.6) is 0 Å². The van der Waals surface area contributed by atoms with E-state index in [2.05, 4.69) is 42.6 Å². The van der Waals surface area contributed by atoms with Crippen LogP contribution in [0.2, 0.25) is 5.02 Å². The van der Waals surface area contributed by atoms with E-state index < -0.39 is 0 Å². The van der Waals surface area contributed by atoms with Crippen molar-refractivity contribution in [2.45, 2.75) is 30.0 Å². The van der Waals surface area contributed by atoms with Crippen molar-refractivity contribution >= 4 is 23.4 Å². The Balaban J connectivity index is 2.16. The average molecular weight is 306 g/mol. The number of benzene rings is 2. The van der Waals surface area contributed by atoms with Gasteiger partial charge in [0, 0.05) is 21.7 Å². The van der Waals surface area contributed by atoms with Gasteiger partial charge in [-0.05, 0) is 36.7 Å². The summed E-state index contributed by atoms with van der Waals surface area (Å²) in [6.07, 6.45) is 1.08. The summed E-state index contributed by atoms with van der Waals surface area (Å²) in [5.41, 5.74) is 2.56. The highest BCUT2D eigenvalue weighted by molar-refractivity contribution is 7.98. The molecule has 0 aliphatic carbocycles. The average Bonchev–Trinajstić information content (AvgIpc) is 2.49. The van der Waals surface area contributed by atoms with E-state index in [0.717, 1.165) is 17.2 Å². The third-order valence-corrected chi connectivity index (χ3v) is 4.90. The number of halogens is 1. The van der Waals surface area contributed by atoms with Crippen LogP contribution in [0.4, 0.5) is 0 Å². The quantitative estimate of drug-likeness (QED) is 0.727. The zero-order valence-electron chi connectivity index (χ0n) is 11.9. The molecule has 0 amide bonds. The van der Waals surface area contributed by atoms with E-state index >= 15 is 0 Å². The van der Waals surface area contributed by atoms with Crippen LogP contribution < -0.4 is 5.32 Å². The first-order valence-corrected chi connectivity index (χ1v) is 8.25. The Labute approximate surface area is 130 Å². The fourth-order valence-electron chi connectivity index (χ4n) is 2.25. The Kier molecular flexibility index (Phi) is 5.96. The molecule has 2 aromatic carbocycles. The van der Waals surface area contributed by atoms with E-state index in [1.54, 1.807) is 0 Å². The van der Waals surface area contributed by atoms with E-state index in [-0.39, 0.29) is 0 Å². The fraction of sp³-hybridized carbons (Fsp3) is 0.294. The van der Waals surface area contributed by atoms with Gasteiger partial charge in [0.05, 0.1) is 0 Å². The molecule has 0 aliphatic heterocycles. The second-order valence-electron chi connectivity index (χ2n) is 4.67. The predicted molar refractivity (Wildman–Crippen MR) is 89.5 cm³/mol. The van der Waals surface area contributed by atoms with Gasteiger partial charge in [-0.3, -0.25) is 0 Å². The molecule has 3 heteroatoms. The molecular formula is C17H20ClNS. The zero-order valence-corrected chi connectivity index (χ0v) is 13.5. The topological polar surface area (TPSA) is 12.0 Å². The standard InChI is InChI=1S/C17H20ClNS/c1-3-16(19-2)14-9-5-7-11-17(14)20-12-13-8-4-6-10-15(13)18/h4-11,16,19H,3,12H2,1-2H3. The van der Waals surface area contributed by atoms with Crippen LogP contribution in [0.15, 0.2) is 53.4 Å². The number of nitrogens with one attached hydrogen (secondary N) is 1. The van der Waals surface area contributed by atoms with E-state index in [1.165, 1.54) is 16.0 Å². The van der Waals surface area contributed by atoms with Gasteiger partial charge in [-0.15, -0.1) is 11.8 Å². The van der Waals surface area contributed by atoms with Gasteiger partial charge in [0.25, 0.3) is 0 Å². The van der Waals surface area contributed by atoms with Crippen molar-refractivity contribution in [2.24, 2.45) is 0 Å². The van der Waals surface area contributed by atoms with Crippen molar-refractivity contribution in [1.29, 1.82) is 0 Å². The molecule has 0 aromatic heterocycles. The highest BCUT2D eigenvalue weighted by Gasteiger charge is 2.11. The Hall–Kier alpha value is -0.960. The smallest absolute Gasteiger partial charge is 0.0446 e. The van der Waals surface area contributed by atoms with Crippen molar-refractivity contribution < 1.29 is 0 Å². The van der Waals surface area contributed by atoms with Crippen molar-refractivity contribution in [3.63, 3.8) is 0 Å². The maximum atomic E-state index is 6.22. The zero-order chi connectivity index (χ0) is 14.4. The van der Waals surface area contributed by atoms with Crippen molar-refractivity contribution in [1.82, 2.24) is 5.32 Å². The minimum atomic E-state index is 0.407. The second-order valence-corrected chi connectivity index (χ2v) is 6.09. The summed E-state index contributed by atoms with van der Waals surface area (Å²) in [6, 6.07) is 17.1. The van der Waals surface area contributed by atoms with E-state index in [0.29, 0.717) is 6.04 Å². The third kappa shape index (κ3) is 3.78. The fourth-order valence-corrected chi connectivity index (χ4v) is 3.65. The normalized spacial score (nSPS) is 12.3. The molecule has 0 aliphatic rings. The van der Waals surface area contributed by atoms with Crippen LogP contribution in [0.1, 0.15) is 30.5 Å². The lowest BCUT2D eigenvalue weighted by Crippen LogP contribution is -2.15. The molecule has 1 atom stereocenters. The third-order valence-electron chi connectivity index (χ3n) is 3.39. The molecule has 2 aromatic rings. The number of hydrogen-bond donors (Lipinski definition) is 1. The highest BCUT2D eigenvalue weighted by atomic mass is 35.5. The van der Waals surface area contributed by atoms with Crippen molar-refractivity contribution in [2.75, 3.05) is 7.05 Å². The first-order chi connectivity index (χ1) is 9.76. The summed E-state index contributed by atoms with van der Waals surface area (Å²) in [7, 11) is 2.02. The van der Waals surface area contributed by atoms with Gasteiger partial charge in [-0.1, -0.05) is 54.9 Å². The Morgan fingerprint density at radius 1 is 1.10 bits per heavy atom. The lowest BCUT2D eigenvalue weighted by Gasteiger charge is -2.18. The lowest BCUT2D eigenvalue weighted by molar-refractivity contribution is 0.568. The minimum absolute atomic E-state index is 0.407. The summed E-state index contributed by atoms with van der Waals surface area (Å²) >= 11 is 8.07. The molecule has 0 saturated carbocycles. The molecule has 0 radical (unpaired) electrons. The van der Waals surface area contributed by atoms with Gasteiger partial charge in [-0.2, -0.15) is 0 Å². The molecule has 0 fully saturated rings. The Bertz CT molecular complexity index is 552. The van der Waals surface area contributed by atoms with Gasteiger partial charge >= 0.3 is 0 Å². The van der Waals surface area contributed by atoms with Gasteiger partial charge in [-0.25, -0.2) is 0 Å². The van der Waals surface area contributed by atoms with Gasteiger partial charge < -0.3 is 5.32 Å². The molecule has 0 bridgehead atoms. The van der Waals surface area contributed by atoms with Crippen LogP contribution >= 0.6 is 23.4 Å².